The van der Waals surface area contributed by atoms with Gasteiger partial charge in [0, 0.05) is 10.2 Å². The molecule has 3 amide bonds. The van der Waals surface area contributed by atoms with Crippen LogP contribution in [0.25, 0.3) is 0 Å². The van der Waals surface area contributed by atoms with Crippen LogP contribution < -0.4 is 16.0 Å². The molecule has 8 heteroatoms. The van der Waals surface area contributed by atoms with Gasteiger partial charge >= 0.3 is 12.0 Å². The van der Waals surface area contributed by atoms with Crippen molar-refractivity contribution in [3.8, 4) is 0 Å². The normalized spacial score (nSPS) is 13.0. The average Bonchev–Trinajstić information content (AvgIpc) is 2.53. The molecule has 1 rings (SSSR count). The van der Waals surface area contributed by atoms with E-state index in [0.29, 0.717) is 18.5 Å². The highest BCUT2D eigenvalue weighted by Crippen LogP contribution is 2.14. The number of aliphatic carboxylic acids is 1. The maximum absolute atomic E-state index is 12.4. The fraction of sp³-hybridized carbons (Fsp3) is 0.471. The number of hydrogen-bond donors (Lipinski definition) is 4. The van der Waals surface area contributed by atoms with Gasteiger partial charge in [-0.15, -0.1) is 0 Å². The van der Waals surface area contributed by atoms with Crippen molar-refractivity contribution < 1.29 is 19.5 Å². The number of carboxylic acid groups (broad SMARTS) is 1. The Morgan fingerprint density at radius 3 is 2.20 bits per heavy atom. The number of amides is 3. The summed E-state index contributed by atoms with van der Waals surface area (Å²) in [4.78, 5) is 35.7. The van der Waals surface area contributed by atoms with Crippen LogP contribution >= 0.6 is 15.9 Å². The van der Waals surface area contributed by atoms with Crippen molar-refractivity contribution in [3.05, 3.63) is 28.7 Å². The van der Waals surface area contributed by atoms with E-state index in [-0.39, 0.29) is 5.92 Å². The highest BCUT2D eigenvalue weighted by molar-refractivity contribution is 9.10. The van der Waals surface area contributed by atoms with Crippen LogP contribution in [-0.4, -0.2) is 35.1 Å². The van der Waals surface area contributed by atoms with Crippen molar-refractivity contribution in [2.24, 2.45) is 5.92 Å². The van der Waals surface area contributed by atoms with Gasteiger partial charge in [0.2, 0.25) is 5.91 Å². The van der Waals surface area contributed by atoms with Crippen LogP contribution in [0.15, 0.2) is 28.7 Å². The smallest absolute Gasteiger partial charge is 0.326 e. The van der Waals surface area contributed by atoms with E-state index in [1.165, 1.54) is 0 Å². The molecular formula is C17H24BrN3O4. The summed E-state index contributed by atoms with van der Waals surface area (Å²) >= 11 is 3.31. The van der Waals surface area contributed by atoms with Crippen LogP contribution in [0, 0.1) is 5.92 Å². The third kappa shape index (κ3) is 7.13. The first-order valence-electron chi connectivity index (χ1n) is 8.10. The number of carbonyl (C=O) groups is 3. The summed E-state index contributed by atoms with van der Waals surface area (Å²) in [5.41, 5.74) is 0.585. The molecule has 1 aromatic carbocycles. The molecule has 2 atom stereocenters. The highest BCUT2D eigenvalue weighted by Gasteiger charge is 2.28. The Morgan fingerprint density at radius 2 is 1.72 bits per heavy atom. The second kappa shape index (κ2) is 10.0. The van der Waals surface area contributed by atoms with Crippen molar-refractivity contribution in [2.45, 2.75) is 45.7 Å². The predicted molar refractivity (Wildman–Crippen MR) is 99.4 cm³/mol. The third-order valence-electron chi connectivity index (χ3n) is 3.53. The van der Waals surface area contributed by atoms with Crippen molar-refractivity contribution in [1.29, 1.82) is 0 Å². The Kier molecular flexibility index (Phi) is 8.40. The number of anilines is 1. The Hall–Kier alpha value is -2.09. The van der Waals surface area contributed by atoms with Crippen molar-refractivity contribution in [1.82, 2.24) is 10.6 Å². The van der Waals surface area contributed by atoms with Gasteiger partial charge in [-0.3, -0.25) is 4.79 Å². The Morgan fingerprint density at radius 1 is 1.12 bits per heavy atom. The SMILES string of the molecule is CCC[C@H](NC(=O)Nc1ccc(Br)cc1)C(=O)NC(C(=O)O)C(C)C. The lowest BCUT2D eigenvalue weighted by Crippen LogP contribution is -2.53. The lowest BCUT2D eigenvalue weighted by molar-refractivity contribution is -0.143. The van der Waals surface area contributed by atoms with E-state index in [4.69, 9.17) is 0 Å². The summed E-state index contributed by atoms with van der Waals surface area (Å²) < 4.78 is 0.884. The molecular weight excluding hydrogens is 390 g/mol. The summed E-state index contributed by atoms with van der Waals surface area (Å²) in [6.07, 6.45) is 1.07. The first-order chi connectivity index (χ1) is 11.7. The molecule has 138 valence electrons. The number of urea groups is 1. The third-order valence-corrected chi connectivity index (χ3v) is 4.06. The van der Waals surface area contributed by atoms with Crippen molar-refractivity contribution >= 4 is 39.5 Å². The molecule has 0 fully saturated rings. The summed E-state index contributed by atoms with van der Waals surface area (Å²) in [6.45, 7) is 5.30. The summed E-state index contributed by atoms with van der Waals surface area (Å²) in [6, 6.07) is 4.68. The number of carbonyl (C=O) groups excluding carboxylic acids is 2. The van der Waals surface area contributed by atoms with Crippen molar-refractivity contribution in [3.63, 3.8) is 0 Å². The molecule has 0 aliphatic carbocycles. The van der Waals surface area contributed by atoms with E-state index in [1.807, 2.05) is 6.92 Å². The van der Waals surface area contributed by atoms with Gasteiger partial charge in [-0.2, -0.15) is 0 Å². The molecule has 0 spiro atoms. The monoisotopic (exact) mass is 413 g/mol. The zero-order valence-corrected chi connectivity index (χ0v) is 16.1. The number of carboxylic acids is 1. The zero-order valence-electron chi connectivity index (χ0n) is 14.5. The maximum atomic E-state index is 12.4. The highest BCUT2D eigenvalue weighted by atomic mass is 79.9. The van der Waals surface area contributed by atoms with Crippen LogP contribution in [-0.2, 0) is 9.59 Å². The molecule has 0 heterocycles. The average molecular weight is 414 g/mol. The lowest BCUT2D eigenvalue weighted by atomic mass is 10.0. The first kappa shape index (κ1) is 21.0. The minimum atomic E-state index is -1.10. The second-order valence-electron chi connectivity index (χ2n) is 6.02. The number of rotatable bonds is 8. The summed E-state index contributed by atoms with van der Waals surface area (Å²) in [7, 11) is 0. The topological polar surface area (TPSA) is 108 Å². The fourth-order valence-electron chi connectivity index (χ4n) is 2.18. The molecule has 0 saturated carbocycles. The second-order valence-corrected chi connectivity index (χ2v) is 6.93. The van der Waals surface area contributed by atoms with E-state index in [1.54, 1.807) is 38.1 Å². The molecule has 1 aromatic rings. The Bertz CT molecular complexity index is 604. The number of hydrogen-bond acceptors (Lipinski definition) is 3. The van der Waals surface area contributed by atoms with Gasteiger partial charge in [-0.25, -0.2) is 9.59 Å². The van der Waals surface area contributed by atoms with Crippen LogP contribution in [0.5, 0.6) is 0 Å². The van der Waals surface area contributed by atoms with Gasteiger partial charge < -0.3 is 21.1 Å². The van der Waals surface area contributed by atoms with Gasteiger partial charge in [0.15, 0.2) is 0 Å². The van der Waals surface area contributed by atoms with Gasteiger partial charge in [-0.05, 0) is 36.6 Å². The molecule has 0 aliphatic rings. The van der Waals surface area contributed by atoms with Gasteiger partial charge in [-0.1, -0.05) is 43.1 Å². The molecule has 1 unspecified atom stereocenters. The first-order valence-corrected chi connectivity index (χ1v) is 8.90. The lowest BCUT2D eigenvalue weighted by Gasteiger charge is -2.23. The number of halogens is 1. The van der Waals surface area contributed by atoms with E-state index in [9.17, 15) is 19.5 Å². The summed E-state index contributed by atoms with van der Waals surface area (Å²) in [5, 5.41) is 16.9. The minimum Gasteiger partial charge on any atom is -0.480 e. The zero-order chi connectivity index (χ0) is 19.0. The maximum Gasteiger partial charge on any atom is 0.326 e. The number of nitrogens with one attached hydrogen (secondary N) is 3. The van der Waals surface area contributed by atoms with Gasteiger partial charge in [0.25, 0.3) is 0 Å². The van der Waals surface area contributed by atoms with E-state index in [0.717, 1.165) is 4.47 Å². The molecule has 7 nitrogen and oxygen atoms in total. The molecule has 0 radical (unpaired) electrons. The van der Waals surface area contributed by atoms with E-state index < -0.39 is 30.0 Å². The number of benzene rings is 1. The van der Waals surface area contributed by atoms with E-state index >= 15 is 0 Å². The standard InChI is InChI=1S/C17H24BrN3O4/c1-4-5-13(15(22)21-14(10(2)3)16(23)24)20-17(25)19-12-8-6-11(18)7-9-12/h6-10,13-14H,4-5H2,1-3H3,(H,21,22)(H,23,24)(H2,19,20,25)/t13-,14?/m0/s1. The van der Waals surface area contributed by atoms with Gasteiger partial charge in [0.1, 0.15) is 12.1 Å². The van der Waals surface area contributed by atoms with Gasteiger partial charge in [0.05, 0.1) is 0 Å². The molecule has 0 saturated heterocycles. The van der Waals surface area contributed by atoms with Crippen LogP contribution in [0.3, 0.4) is 0 Å². The molecule has 0 aromatic heterocycles. The summed E-state index contributed by atoms with van der Waals surface area (Å²) in [5.74, 6) is -1.87. The molecule has 4 N–H and O–H groups in total. The predicted octanol–water partition coefficient (Wildman–Crippen LogP) is 2.96. The van der Waals surface area contributed by atoms with E-state index in [2.05, 4.69) is 31.9 Å². The fourth-order valence-corrected chi connectivity index (χ4v) is 2.45. The Labute approximate surface area is 155 Å². The molecule has 25 heavy (non-hydrogen) atoms. The molecule has 0 bridgehead atoms. The molecule has 0 aliphatic heterocycles. The van der Waals surface area contributed by atoms with Crippen LogP contribution in [0.1, 0.15) is 33.6 Å². The quantitative estimate of drug-likeness (QED) is 0.525. The largest absolute Gasteiger partial charge is 0.480 e. The van der Waals surface area contributed by atoms with Crippen LogP contribution in [0.2, 0.25) is 0 Å². The van der Waals surface area contributed by atoms with Crippen molar-refractivity contribution in [2.75, 3.05) is 5.32 Å². The Balaban J connectivity index is 2.71. The minimum absolute atomic E-state index is 0.264. The van der Waals surface area contributed by atoms with Crippen LogP contribution in [0.4, 0.5) is 10.5 Å².